The third-order valence-electron chi connectivity index (χ3n) is 5.62. The summed E-state index contributed by atoms with van der Waals surface area (Å²) in [5.74, 6) is 0.452. The van der Waals surface area contributed by atoms with Gasteiger partial charge >= 0.3 is 6.03 Å². The molecule has 2 heterocycles. The first-order valence-electron chi connectivity index (χ1n) is 9.38. The molecule has 1 aliphatic carbocycles. The molecule has 1 atom stereocenters. The maximum Gasteiger partial charge on any atom is 0.317 e. The summed E-state index contributed by atoms with van der Waals surface area (Å²) in [6, 6.07) is 1.28. The molecular formula is C17H31N3O3S. The van der Waals surface area contributed by atoms with Gasteiger partial charge in [-0.2, -0.15) is 0 Å². The Labute approximate surface area is 145 Å². The Balaban J connectivity index is 1.41. The van der Waals surface area contributed by atoms with Crippen LogP contribution in [0.15, 0.2) is 0 Å². The van der Waals surface area contributed by atoms with Crippen molar-refractivity contribution in [3.05, 3.63) is 0 Å². The molecule has 3 aliphatic rings. The van der Waals surface area contributed by atoms with Crippen LogP contribution in [0.5, 0.6) is 0 Å². The number of nitrogens with zero attached hydrogens (tertiary/aromatic N) is 2. The molecule has 6 nitrogen and oxygen atoms in total. The molecule has 138 valence electrons. The molecule has 0 aromatic carbocycles. The first-order chi connectivity index (χ1) is 11.4. The van der Waals surface area contributed by atoms with Crippen LogP contribution in [0.3, 0.4) is 0 Å². The number of likely N-dealkylation sites (tertiary alicyclic amines) is 2. The molecule has 0 aromatic heterocycles. The van der Waals surface area contributed by atoms with Gasteiger partial charge in [0.15, 0.2) is 0 Å². The highest BCUT2D eigenvalue weighted by Gasteiger charge is 2.35. The van der Waals surface area contributed by atoms with E-state index in [9.17, 15) is 13.2 Å². The van der Waals surface area contributed by atoms with Crippen LogP contribution in [0.4, 0.5) is 4.79 Å². The predicted molar refractivity (Wildman–Crippen MR) is 94.8 cm³/mol. The lowest BCUT2D eigenvalue weighted by molar-refractivity contribution is 0.131. The van der Waals surface area contributed by atoms with Gasteiger partial charge in [-0.05, 0) is 51.0 Å². The average molecular weight is 358 g/mol. The number of urea groups is 1. The van der Waals surface area contributed by atoms with Crippen LogP contribution in [0, 0.1) is 5.92 Å². The molecule has 7 heteroatoms. The third-order valence-corrected chi connectivity index (χ3v) is 6.69. The molecule has 0 radical (unpaired) electrons. The molecule has 1 saturated carbocycles. The van der Waals surface area contributed by atoms with Crippen LogP contribution in [0.1, 0.15) is 44.9 Å². The Morgan fingerprint density at radius 1 is 1.04 bits per heavy atom. The lowest BCUT2D eigenvalue weighted by atomic mass is 9.99. The lowest BCUT2D eigenvalue weighted by Gasteiger charge is -2.37. The quantitative estimate of drug-likeness (QED) is 0.809. The minimum Gasteiger partial charge on any atom is -0.336 e. The van der Waals surface area contributed by atoms with Crippen LogP contribution in [0.2, 0.25) is 0 Å². The zero-order valence-electron chi connectivity index (χ0n) is 14.7. The second-order valence-electron chi connectivity index (χ2n) is 7.83. The van der Waals surface area contributed by atoms with Crippen molar-refractivity contribution < 1.29 is 13.2 Å². The van der Waals surface area contributed by atoms with Gasteiger partial charge < -0.3 is 10.2 Å². The van der Waals surface area contributed by atoms with E-state index in [1.165, 1.54) is 44.9 Å². The van der Waals surface area contributed by atoms with Crippen molar-refractivity contribution in [3.63, 3.8) is 0 Å². The van der Waals surface area contributed by atoms with Gasteiger partial charge in [0.2, 0.25) is 0 Å². The molecule has 0 bridgehead atoms. The fourth-order valence-corrected chi connectivity index (χ4v) is 5.37. The molecule has 1 N–H and O–H groups in total. The van der Waals surface area contributed by atoms with Crippen molar-refractivity contribution in [1.82, 2.24) is 15.1 Å². The van der Waals surface area contributed by atoms with Gasteiger partial charge in [0, 0.05) is 38.0 Å². The molecule has 3 rings (SSSR count). The fraction of sp³-hybridized carbons (Fsp3) is 0.941. The topological polar surface area (TPSA) is 69.7 Å². The maximum atomic E-state index is 12.4. The number of sulfone groups is 1. The van der Waals surface area contributed by atoms with E-state index in [0.29, 0.717) is 19.1 Å². The van der Waals surface area contributed by atoms with Crippen LogP contribution in [-0.4, -0.2) is 74.5 Å². The summed E-state index contributed by atoms with van der Waals surface area (Å²) in [6.07, 6.45) is 9.25. The monoisotopic (exact) mass is 357 g/mol. The van der Waals surface area contributed by atoms with E-state index in [1.54, 1.807) is 0 Å². The normalized spacial score (nSPS) is 27.2. The summed E-state index contributed by atoms with van der Waals surface area (Å²) < 4.78 is 22.8. The van der Waals surface area contributed by atoms with Crippen LogP contribution < -0.4 is 5.32 Å². The van der Waals surface area contributed by atoms with Crippen molar-refractivity contribution in [1.29, 1.82) is 0 Å². The summed E-state index contributed by atoms with van der Waals surface area (Å²) in [5, 5.41) is 3.12. The van der Waals surface area contributed by atoms with Gasteiger partial charge in [0.05, 0.1) is 5.75 Å². The molecule has 1 unspecified atom stereocenters. The molecule has 0 spiro atoms. The zero-order chi connectivity index (χ0) is 17.2. The van der Waals surface area contributed by atoms with Crippen molar-refractivity contribution >= 4 is 15.9 Å². The van der Waals surface area contributed by atoms with Gasteiger partial charge in [-0.1, -0.05) is 6.42 Å². The Morgan fingerprint density at radius 3 is 2.38 bits per heavy atom. The second-order valence-corrected chi connectivity index (χ2v) is 10.0. The van der Waals surface area contributed by atoms with E-state index in [2.05, 4.69) is 10.2 Å². The SMILES string of the molecule is CS(=O)(=O)CC1CCN(C(=O)NCC2CCCCN2C2CC2)CC1. The minimum absolute atomic E-state index is 0.0223. The summed E-state index contributed by atoms with van der Waals surface area (Å²) in [5.41, 5.74) is 0. The molecule has 2 saturated heterocycles. The van der Waals surface area contributed by atoms with E-state index in [4.69, 9.17) is 0 Å². The van der Waals surface area contributed by atoms with Crippen LogP contribution >= 0.6 is 0 Å². The number of nitrogens with one attached hydrogen (secondary N) is 1. The van der Waals surface area contributed by atoms with Crippen molar-refractivity contribution in [2.24, 2.45) is 5.92 Å². The second kappa shape index (κ2) is 7.60. The van der Waals surface area contributed by atoms with E-state index in [-0.39, 0.29) is 17.7 Å². The van der Waals surface area contributed by atoms with E-state index < -0.39 is 9.84 Å². The maximum absolute atomic E-state index is 12.4. The Kier molecular flexibility index (Phi) is 5.70. The van der Waals surface area contributed by atoms with Gasteiger partial charge in [0.1, 0.15) is 9.84 Å². The summed E-state index contributed by atoms with van der Waals surface area (Å²) in [7, 11) is -2.92. The number of hydrogen-bond acceptors (Lipinski definition) is 4. The largest absolute Gasteiger partial charge is 0.336 e. The number of amides is 2. The van der Waals surface area contributed by atoms with E-state index >= 15 is 0 Å². The summed E-state index contributed by atoms with van der Waals surface area (Å²) >= 11 is 0. The van der Waals surface area contributed by atoms with Crippen molar-refractivity contribution in [2.75, 3.05) is 38.2 Å². The number of piperidine rings is 2. The number of rotatable bonds is 5. The number of carbonyl (C=O) groups excluding carboxylic acids is 1. The summed E-state index contributed by atoms with van der Waals surface area (Å²) in [4.78, 5) is 16.9. The molecule has 2 aliphatic heterocycles. The third kappa shape index (κ3) is 5.09. The van der Waals surface area contributed by atoms with Gasteiger partial charge in [-0.25, -0.2) is 13.2 Å². The number of carbonyl (C=O) groups is 1. The molecule has 3 fully saturated rings. The lowest BCUT2D eigenvalue weighted by Crippen LogP contribution is -2.51. The fourth-order valence-electron chi connectivity index (χ4n) is 4.18. The highest BCUT2D eigenvalue weighted by molar-refractivity contribution is 7.90. The number of hydrogen-bond donors (Lipinski definition) is 1. The molecular weight excluding hydrogens is 326 g/mol. The zero-order valence-corrected chi connectivity index (χ0v) is 15.6. The smallest absolute Gasteiger partial charge is 0.317 e. The van der Waals surface area contributed by atoms with Gasteiger partial charge in [-0.3, -0.25) is 4.90 Å². The first kappa shape index (κ1) is 18.0. The van der Waals surface area contributed by atoms with Crippen LogP contribution in [0.25, 0.3) is 0 Å². The average Bonchev–Trinajstić information content (AvgIpc) is 3.37. The van der Waals surface area contributed by atoms with Crippen molar-refractivity contribution in [2.45, 2.75) is 57.0 Å². The Bertz CT molecular complexity index is 539. The molecule has 2 amide bonds. The van der Waals surface area contributed by atoms with Gasteiger partial charge in [-0.15, -0.1) is 0 Å². The summed E-state index contributed by atoms with van der Waals surface area (Å²) in [6.45, 7) is 3.27. The van der Waals surface area contributed by atoms with Crippen molar-refractivity contribution in [3.8, 4) is 0 Å². The molecule has 0 aromatic rings. The molecule has 24 heavy (non-hydrogen) atoms. The highest BCUT2D eigenvalue weighted by Crippen LogP contribution is 2.32. The standard InChI is InChI=1S/C17H31N3O3S/c1-24(22,23)13-14-7-10-19(11-8-14)17(21)18-12-16-4-2-3-9-20(16)15-5-6-15/h14-16H,2-13H2,1H3,(H,18,21). The first-order valence-corrected chi connectivity index (χ1v) is 11.4. The minimum atomic E-state index is -2.92. The van der Waals surface area contributed by atoms with E-state index in [0.717, 1.165) is 25.4 Å². The Morgan fingerprint density at radius 2 is 1.75 bits per heavy atom. The van der Waals surface area contributed by atoms with Gasteiger partial charge in [0.25, 0.3) is 0 Å². The Hall–Kier alpha value is -0.820. The predicted octanol–water partition coefficient (Wildman–Crippen LogP) is 1.47. The van der Waals surface area contributed by atoms with Crippen LogP contribution in [-0.2, 0) is 9.84 Å². The van der Waals surface area contributed by atoms with E-state index in [1.807, 2.05) is 4.90 Å². The highest BCUT2D eigenvalue weighted by atomic mass is 32.2.